The van der Waals surface area contributed by atoms with Crippen LogP contribution in [0.5, 0.6) is 0 Å². The maximum atomic E-state index is 12.7. The molecule has 4 heteroatoms. The van der Waals surface area contributed by atoms with Crippen molar-refractivity contribution in [3.63, 3.8) is 0 Å². The summed E-state index contributed by atoms with van der Waals surface area (Å²) in [5.41, 5.74) is 5.63. The third-order valence-corrected chi connectivity index (χ3v) is 6.05. The van der Waals surface area contributed by atoms with Gasteiger partial charge >= 0.3 is 0 Å². The van der Waals surface area contributed by atoms with Crippen molar-refractivity contribution in [1.82, 2.24) is 5.32 Å². The van der Waals surface area contributed by atoms with Crippen LogP contribution in [0, 0.1) is 5.41 Å². The van der Waals surface area contributed by atoms with Crippen LogP contribution in [0.15, 0.2) is 17.5 Å². The fourth-order valence-corrected chi connectivity index (χ4v) is 4.02. The van der Waals surface area contributed by atoms with E-state index < -0.39 is 0 Å². The molecule has 3 nitrogen and oxygen atoms in total. The molecule has 1 amide bonds. The van der Waals surface area contributed by atoms with Crippen LogP contribution < -0.4 is 11.1 Å². The fourth-order valence-electron chi connectivity index (χ4n) is 3.17. The summed E-state index contributed by atoms with van der Waals surface area (Å²) in [6, 6.07) is 4.21. The SMILES string of the molecule is CC(C)(CNC(=O)C1(CN)CCCCCC1)c1cccs1. The number of hydrogen-bond donors (Lipinski definition) is 2. The molecular formula is C17H28N2OS. The van der Waals surface area contributed by atoms with Gasteiger partial charge in [0, 0.05) is 23.4 Å². The van der Waals surface area contributed by atoms with Crippen LogP contribution in [0.2, 0.25) is 0 Å². The zero-order valence-corrected chi connectivity index (χ0v) is 14.1. The van der Waals surface area contributed by atoms with Gasteiger partial charge in [0.2, 0.25) is 5.91 Å². The number of thiophene rings is 1. The molecule has 1 aromatic rings. The third-order valence-electron chi connectivity index (χ3n) is 4.81. The molecule has 1 saturated carbocycles. The molecule has 0 atom stereocenters. The Bertz CT molecular complexity index is 445. The van der Waals surface area contributed by atoms with Gasteiger partial charge in [0.1, 0.15) is 0 Å². The van der Waals surface area contributed by atoms with Gasteiger partial charge in [-0.1, -0.05) is 45.6 Å². The van der Waals surface area contributed by atoms with Gasteiger partial charge in [0.05, 0.1) is 5.41 Å². The summed E-state index contributed by atoms with van der Waals surface area (Å²) >= 11 is 1.75. The van der Waals surface area contributed by atoms with Crippen molar-refractivity contribution in [2.45, 2.75) is 57.8 Å². The highest BCUT2D eigenvalue weighted by Crippen LogP contribution is 2.35. The van der Waals surface area contributed by atoms with Gasteiger partial charge in [0.15, 0.2) is 0 Å². The molecule has 0 spiro atoms. The van der Waals surface area contributed by atoms with Gasteiger partial charge in [0.25, 0.3) is 0 Å². The van der Waals surface area contributed by atoms with Crippen LogP contribution in [-0.4, -0.2) is 19.0 Å². The minimum atomic E-state index is -0.331. The second kappa shape index (κ2) is 6.93. The fraction of sp³-hybridized carbons (Fsp3) is 0.706. The van der Waals surface area contributed by atoms with E-state index >= 15 is 0 Å². The van der Waals surface area contributed by atoms with E-state index in [4.69, 9.17) is 5.73 Å². The first-order chi connectivity index (χ1) is 10.0. The smallest absolute Gasteiger partial charge is 0.227 e. The number of rotatable bonds is 5. The lowest BCUT2D eigenvalue weighted by molar-refractivity contribution is -0.131. The zero-order valence-electron chi connectivity index (χ0n) is 13.3. The van der Waals surface area contributed by atoms with Crippen molar-refractivity contribution in [2.24, 2.45) is 11.1 Å². The van der Waals surface area contributed by atoms with Crippen LogP contribution >= 0.6 is 11.3 Å². The van der Waals surface area contributed by atoms with E-state index in [1.807, 2.05) is 0 Å². The molecule has 0 saturated heterocycles. The molecule has 0 aromatic carbocycles. The Morgan fingerprint density at radius 1 is 1.33 bits per heavy atom. The minimum Gasteiger partial charge on any atom is -0.355 e. The molecule has 118 valence electrons. The third kappa shape index (κ3) is 3.86. The molecule has 2 rings (SSSR count). The molecule has 1 heterocycles. The summed E-state index contributed by atoms with van der Waals surface area (Å²) in [5, 5.41) is 5.28. The molecule has 0 radical (unpaired) electrons. The predicted octanol–water partition coefficient (Wildman–Crippen LogP) is 3.44. The molecule has 0 unspecified atom stereocenters. The Kier molecular flexibility index (Phi) is 5.44. The normalized spacial score (nSPS) is 19.0. The first-order valence-corrected chi connectivity index (χ1v) is 8.90. The Morgan fingerprint density at radius 3 is 2.52 bits per heavy atom. The molecule has 21 heavy (non-hydrogen) atoms. The lowest BCUT2D eigenvalue weighted by Crippen LogP contribution is -2.48. The largest absolute Gasteiger partial charge is 0.355 e. The highest BCUT2D eigenvalue weighted by atomic mass is 32.1. The summed E-state index contributed by atoms with van der Waals surface area (Å²) in [5.74, 6) is 0.163. The molecule has 1 fully saturated rings. The zero-order chi connectivity index (χ0) is 15.3. The number of amides is 1. The molecule has 1 aliphatic rings. The monoisotopic (exact) mass is 308 g/mol. The molecule has 0 bridgehead atoms. The van der Waals surface area contributed by atoms with E-state index in [1.165, 1.54) is 17.7 Å². The molecular weight excluding hydrogens is 280 g/mol. The topological polar surface area (TPSA) is 55.1 Å². The van der Waals surface area contributed by atoms with E-state index in [0.717, 1.165) is 25.7 Å². The number of carbonyl (C=O) groups is 1. The second-order valence-corrected chi connectivity index (χ2v) is 7.89. The Labute approximate surface area is 132 Å². The number of hydrogen-bond acceptors (Lipinski definition) is 3. The van der Waals surface area contributed by atoms with Crippen LogP contribution in [0.4, 0.5) is 0 Å². The van der Waals surface area contributed by atoms with E-state index in [0.29, 0.717) is 13.1 Å². The molecule has 1 aliphatic carbocycles. The van der Waals surface area contributed by atoms with Crippen molar-refractivity contribution >= 4 is 17.2 Å². The van der Waals surface area contributed by atoms with Crippen molar-refractivity contribution < 1.29 is 4.79 Å². The van der Waals surface area contributed by atoms with Crippen molar-refractivity contribution in [3.05, 3.63) is 22.4 Å². The lowest BCUT2D eigenvalue weighted by Gasteiger charge is -2.32. The highest BCUT2D eigenvalue weighted by Gasteiger charge is 2.37. The van der Waals surface area contributed by atoms with Gasteiger partial charge < -0.3 is 11.1 Å². The summed E-state index contributed by atoms with van der Waals surface area (Å²) in [6.07, 6.45) is 6.59. The quantitative estimate of drug-likeness (QED) is 0.819. The van der Waals surface area contributed by atoms with E-state index in [9.17, 15) is 4.79 Å². The standard InChI is InChI=1S/C17H28N2OS/c1-16(2,14-8-7-11-21-14)13-19-15(20)17(12-18)9-5-3-4-6-10-17/h7-8,11H,3-6,9-10,12-13,18H2,1-2H3,(H,19,20). The van der Waals surface area contributed by atoms with Crippen molar-refractivity contribution in [3.8, 4) is 0 Å². The van der Waals surface area contributed by atoms with Crippen molar-refractivity contribution in [1.29, 1.82) is 0 Å². The summed E-state index contributed by atoms with van der Waals surface area (Å²) in [7, 11) is 0. The van der Waals surface area contributed by atoms with Gasteiger partial charge in [-0.2, -0.15) is 0 Å². The average molecular weight is 308 g/mol. The second-order valence-electron chi connectivity index (χ2n) is 6.94. The van der Waals surface area contributed by atoms with Crippen molar-refractivity contribution in [2.75, 3.05) is 13.1 Å². The summed E-state index contributed by atoms with van der Waals surface area (Å²) < 4.78 is 0. The van der Waals surface area contributed by atoms with Crippen LogP contribution in [0.25, 0.3) is 0 Å². The van der Waals surface area contributed by atoms with Gasteiger partial charge in [-0.3, -0.25) is 4.79 Å². The van der Waals surface area contributed by atoms with Crippen LogP contribution in [0.1, 0.15) is 57.2 Å². The maximum absolute atomic E-state index is 12.7. The number of nitrogens with two attached hydrogens (primary N) is 1. The molecule has 1 aromatic heterocycles. The number of nitrogens with one attached hydrogen (secondary N) is 1. The Balaban J connectivity index is 1.99. The Morgan fingerprint density at radius 2 is 2.00 bits per heavy atom. The lowest BCUT2D eigenvalue weighted by atomic mass is 9.79. The first-order valence-electron chi connectivity index (χ1n) is 8.03. The van der Waals surface area contributed by atoms with E-state index in [2.05, 4.69) is 36.7 Å². The van der Waals surface area contributed by atoms with Gasteiger partial charge in [-0.05, 0) is 24.3 Å². The van der Waals surface area contributed by atoms with Gasteiger partial charge in [-0.25, -0.2) is 0 Å². The van der Waals surface area contributed by atoms with E-state index in [-0.39, 0.29) is 16.7 Å². The van der Waals surface area contributed by atoms with Gasteiger partial charge in [-0.15, -0.1) is 11.3 Å². The minimum absolute atomic E-state index is 0.0235. The van der Waals surface area contributed by atoms with Crippen LogP contribution in [-0.2, 0) is 10.2 Å². The summed E-state index contributed by atoms with van der Waals surface area (Å²) in [4.78, 5) is 14.0. The van der Waals surface area contributed by atoms with Crippen LogP contribution in [0.3, 0.4) is 0 Å². The van der Waals surface area contributed by atoms with E-state index in [1.54, 1.807) is 11.3 Å². The average Bonchev–Trinajstić information content (AvgIpc) is 2.91. The summed E-state index contributed by atoms with van der Waals surface area (Å²) in [6.45, 7) is 5.51. The first kappa shape index (κ1) is 16.5. The predicted molar refractivity (Wildman–Crippen MR) is 89.5 cm³/mol. The maximum Gasteiger partial charge on any atom is 0.227 e. The molecule has 0 aliphatic heterocycles. The Hall–Kier alpha value is -0.870. The molecule has 3 N–H and O–H groups in total. The highest BCUT2D eigenvalue weighted by molar-refractivity contribution is 7.10. The number of carbonyl (C=O) groups excluding carboxylic acids is 1.